The van der Waals surface area contributed by atoms with E-state index in [-0.39, 0.29) is 12.8 Å². The Balaban J connectivity index is 2.59. The molecule has 0 aromatic carbocycles. The lowest BCUT2D eigenvalue weighted by Gasteiger charge is -2.15. The van der Waals surface area contributed by atoms with Crippen LogP contribution in [-0.2, 0) is 16.0 Å². The van der Waals surface area contributed by atoms with Crippen LogP contribution in [-0.4, -0.2) is 34.2 Å². The first kappa shape index (κ1) is 14.9. The molecule has 0 saturated carbocycles. The van der Waals surface area contributed by atoms with E-state index < -0.39 is 24.1 Å². The summed E-state index contributed by atoms with van der Waals surface area (Å²) >= 11 is 0. The Morgan fingerprint density at radius 2 is 2.05 bits per heavy atom. The van der Waals surface area contributed by atoms with Crippen LogP contribution in [0.2, 0.25) is 0 Å². The van der Waals surface area contributed by atoms with Crippen LogP contribution in [0.5, 0.6) is 0 Å². The molecule has 104 valence electrons. The third kappa shape index (κ3) is 4.94. The molecule has 0 bridgehead atoms. The van der Waals surface area contributed by atoms with Crippen LogP contribution < -0.4 is 5.32 Å². The highest BCUT2D eigenvalue weighted by Gasteiger charge is 2.40. The zero-order valence-corrected chi connectivity index (χ0v) is 9.65. The molecule has 0 spiro atoms. The van der Waals surface area contributed by atoms with Crippen LogP contribution in [0, 0.1) is 0 Å². The van der Waals surface area contributed by atoms with E-state index in [4.69, 9.17) is 5.11 Å². The normalized spacial score (nSPS) is 12.8. The lowest BCUT2D eigenvalue weighted by Crippen LogP contribution is -2.47. The van der Waals surface area contributed by atoms with Gasteiger partial charge in [-0.15, -0.1) is 0 Å². The number of nitrogens with one attached hydrogen (secondary N) is 1. The summed E-state index contributed by atoms with van der Waals surface area (Å²) in [5, 5.41) is 10.2. The number of amides is 1. The number of pyridine rings is 1. The van der Waals surface area contributed by atoms with Gasteiger partial charge in [-0.3, -0.25) is 9.78 Å². The molecule has 0 aliphatic carbocycles. The van der Waals surface area contributed by atoms with Crippen molar-refractivity contribution in [3.8, 4) is 0 Å². The second kappa shape index (κ2) is 6.17. The van der Waals surface area contributed by atoms with Gasteiger partial charge in [-0.1, -0.05) is 6.07 Å². The average molecular weight is 276 g/mol. The molecular weight excluding hydrogens is 265 g/mol. The molecule has 1 aromatic rings. The Labute approximate surface area is 106 Å². The molecule has 5 nitrogen and oxygen atoms in total. The number of hydrogen-bond donors (Lipinski definition) is 2. The second-order valence-corrected chi connectivity index (χ2v) is 3.72. The molecule has 1 rings (SSSR count). The molecule has 0 radical (unpaired) electrons. The lowest BCUT2D eigenvalue weighted by atomic mass is 10.1. The minimum atomic E-state index is -5.10. The van der Waals surface area contributed by atoms with Crippen molar-refractivity contribution in [2.75, 3.05) is 0 Å². The van der Waals surface area contributed by atoms with Gasteiger partial charge < -0.3 is 10.4 Å². The van der Waals surface area contributed by atoms with Gasteiger partial charge in [0.1, 0.15) is 6.04 Å². The Kier molecular flexibility index (Phi) is 4.85. The van der Waals surface area contributed by atoms with Crippen LogP contribution in [0.25, 0.3) is 0 Å². The third-order valence-electron chi connectivity index (χ3n) is 2.28. The number of hydrogen-bond acceptors (Lipinski definition) is 3. The molecule has 1 amide bonds. The Morgan fingerprint density at radius 3 is 2.53 bits per heavy atom. The van der Waals surface area contributed by atoms with Crippen molar-refractivity contribution < 1.29 is 27.9 Å². The lowest BCUT2D eigenvalue weighted by molar-refractivity contribution is -0.175. The van der Waals surface area contributed by atoms with Gasteiger partial charge in [-0.25, -0.2) is 4.79 Å². The van der Waals surface area contributed by atoms with Crippen LogP contribution >= 0.6 is 0 Å². The van der Waals surface area contributed by atoms with Crippen LogP contribution in [0.15, 0.2) is 24.4 Å². The van der Waals surface area contributed by atoms with Crippen molar-refractivity contribution >= 4 is 11.9 Å². The van der Waals surface area contributed by atoms with E-state index in [1.165, 1.54) is 11.5 Å². The quantitative estimate of drug-likeness (QED) is 0.845. The predicted molar refractivity (Wildman–Crippen MR) is 58.2 cm³/mol. The van der Waals surface area contributed by atoms with E-state index in [1.807, 2.05) is 0 Å². The number of alkyl halides is 3. The van der Waals surface area contributed by atoms with E-state index in [0.29, 0.717) is 5.69 Å². The number of nitrogens with zero attached hydrogens (tertiary/aromatic N) is 1. The van der Waals surface area contributed by atoms with Gasteiger partial charge in [-0.05, 0) is 25.0 Å². The highest BCUT2D eigenvalue weighted by molar-refractivity contribution is 5.86. The van der Waals surface area contributed by atoms with Crippen LogP contribution in [0.3, 0.4) is 0 Å². The third-order valence-corrected chi connectivity index (χ3v) is 2.28. The van der Waals surface area contributed by atoms with E-state index in [0.717, 1.165) is 0 Å². The molecule has 0 aliphatic rings. The smallest absolute Gasteiger partial charge is 0.471 e. The Morgan fingerprint density at radius 1 is 1.37 bits per heavy atom. The standard InChI is InChI=1S/C11H11F3N2O3/c12-11(13,14)10(19)16-8(9(17)18)5-4-7-3-1-2-6-15-7/h1-3,6,8H,4-5H2,(H,16,19)(H,17,18). The topological polar surface area (TPSA) is 79.3 Å². The number of halogens is 3. The van der Waals surface area contributed by atoms with Gasteiger partial charge in [0.2, 0.25) is 0 Å². The fourth-order valence-corrected chi connectivity index (χ4v) is 1.34. The summed E-state index contributed by atoms with van der Waals surface area (Å²) in [6.45, 7) is 0. The maximum Gasteiger partial charge on any atom is 0.471 e. The van der Waals surface area contributed by atoms with Gasteiger partial charge in [0.25, 0.3) is 0 Å². The molecule has 0 fully saturated rings. The van der Waals surface area contributed by atoms with Crippen LogP contribution in [0.1, 0.15) is 12.1 Å². The SMILES string of the molecule is O=C(O)C(CCc1ccccn1)NC(=O)C(F)(F)F. The molecule has 1 heterocycles. The van der Waals surface area contributed by atoms with Gasteiger partial charge in [0.05, 0.1) is 0 Å². The van der Waals surface area contributed by atoms with Crippen LogP contribution in [0.4, 0.5) is 13.2 Å². The summed E-state index contributed by atoms with van der Waals surface area (Å²) in [4.78, 5) is 25.4. The number of rotatable bonds is 5. The molecule has 0 aliphatic heterocycles. The van der Waals surface area contributed by atoms with Crippen molar-refractivity contribution in [3.05, 3.63) is 30.1 Å². The first-order valence-corrected chi connectivity index (χ1v) is 5.31. The van der Waals surface area contributed by atoms with Crippen molar-refractivity contribution in [3.63, 3.8) is 0 Å². The zero-order valence-electron chi connectivity index (χ0n) is 9.65. The molecule has 19 heavy (non-hydrogen) atoms. The molecule has 8 heteroatoms. The van der Waals surface area contributed by atoms with Crippen molar-refractivity contribution in [1.29, 1.82) is 0 Å². The van der Waals surface area contributed by atoms with Gasteiger partial charge in [0.15, 0.2) is 0 Å². The first-order chi connectivity index (χ1) is 8.80. The molecular formula is C11H11F3N2O3. The van der Waals surface area contributed by atoms with E-state index >= 15 is 0 Å². The zero-order chi connectivity index (χ0) is 14.5. The number of aryl methyl sites for hydroxylation is 1. The summed E-state index contributed by atoms with van der Waals surface area (Å²) in [5.74, 6) is -3.78. The first-order valence-electron chi connectivity index (χ1n) is 5.31. The fraction of sp³-hybridized carbons (Fsp3) is 0.364. The van der Waals surface area contributed by atoms with Gasteiger partial charge in [0, 0.05) is 11.9 Å². The molecule has 1 atom stereocenters. The average Bonchev–Trinajstić information content (AvgIpc) is 2.33. The monoisotopic (exact) mass is 276 g/mol. The second-order valence-electron chi connectivity index (χ2n) is 3.72. The summed E-state index contributed by atoms with van der Waals surface area (Å²) in [5.41, 5.74) is 0.537. The number of carboxylic acids is 1. The molecule has 0 saturated heterocycles. The van der Waals surface area contributed by atoms with Crippen molar-refractivity contribution in [2.24, 2.45) is 0 Å². The van der Waals surface area contributed by atoms with Crippen molar-refractivity contribution in [1.82, 2.24) is 10.3 Å². The number of carbonyl (C=O) groups excluding carboxylic acids is 1. The van der Waals surface area contributed by atoms with E-state index in [1.54, 1.807) is 18.2 Å². The minimum Gasteiger partial charge on any atom is -0.480 e. The van der Waals surface area contributed by atoms with Gasteiger partial charge in [-0.2, -0.15) is 13.2 Å². The number of aliphatic carboxylic acids is 1. The van der Waals surface area contributed by atoms with E-state index in [9.17, 15) is 22.8 Å². The maximum atomic E-state index is 12.0. The molecule has 2 N–H and O–H groups in total. The number of carboxylic acid groups (broad SMARTS) is 1. The maximum absolute atomic E-state index is 12.0. The van der Waals surface area contributed by atoms with Crippen molar-refractivity contribution in [2.45, 2.75) is 25.1 Å². The highest BCUT2D eigenvalue weighted by atomic mass is 19.4. The molecule has 1 unspecified atom stereocenters. The van der Waals surface area contributed by atoms with Gasteiger partial charge >= 0.3 is 18.1 Å². The summed E-state index contributed by atoms with van der Waals surface area (Å²) in [7, 11) is 0. The Bertz CT molecular complexity index is 448. The largest absolute Gasteiger partial charge is 0.480 e. The minimum absolute atomic E-state index is 0.149. The summed E-state index contributed by atoms with van der Waals surface area (Å²) in [6, 6.07) is 3.34. The fourth-order valence-electron chi connectivity index (χ4n) is 1.34. The Hall–Kier alpha value is -2.12. The predicted octanol–water partition coefficient (Wildman–Crippen LogP) is 1.15. The summed E-state index contributed by atoms with van der Waals surface area (Å²) in [6.07, 6.45) is -3.64. The number of carbonyl (C=O) groups is 2. The molecule has 1 aromatic heterocycles. The number of aromatic nitrogens is 1. The highest BCUT2D eigenvalue weighted by Crippen LogP contribution is 2.15. The van der Waals surface area contributed by atoms with E-state index in [2.05, 4.69) is 4.98 Å². The summed E-state index contributed by atoms with van der Waals surface area (Å²) < 4.78 is 36.1.